The highest BCUT2D eigenvalue weighted by atomic mass is 14.7. The lowest BCUT2D eigenvalue weighted by Gasteiger charge is -1.97. The molecule has 2 nitrogen and oxygen atoms in total. The number of aliphatic imine (C=N–C) groups is 1. The molecule has 0 bridgehead atoms. The van der Waals surface area contributed by atoms with Crippen LogP contribution in [-0.4, -0.2) is 17.7 Å². The van der Waals surface area contributed by atoms with Crippen molar-refractivity contribution in [2.24, 2.45) is 4.99 Å². The first-order chi connectivity index (χ1) is 8.31. The smallest absolute Gasteiger partial charge is 0.0456 e. The minimum Gasteiger partial charge on any atom is -0.361 e. The van der Waals surface area contributed by atoms with Crippen LogP contribution in [0.2, 0.25) is 0 Å². The molecular formula is C15H18N2. The normalized spacial score (nSPS) is 12.1. The number of fused-ring (bicyclic) bond motifs is 1. The SMILES string of the molecule is C/C=C\C=NCCc1c[nH]c2ccc(C)cc12. The van der Waals surface area contributed by atoms with E-state index in [2.05, 4.69) is 41.3 Å². The predicted molar refractivity (Wildman–Crippen MR) is 74.9 cm³/mol. The van der Waals surface area contributed by atoms with E-state index in [0.29, 0.717) is 0 Å². The van der Waals surface area contributed by atoms with Crippen LogP contribution < -0.4 is 0 Å². The number of rotatable bonds is 4. The molecule has 88 valence electrons. The number of allylic oxidation sites excluding steroid dienone is 2. The molecular weight excluding hydrogens is 208 g/mol. The highest BCUT2D eigenvalue weighted by molar-refractivity contribution is 5.83. The number of aromatic amines is 1. The fourth-order valence-electron chi connectivity index (χ4n) is 1.91. The van der Waals surface area contributed by atoms with Gasteiger partial charge in [-0.15, -0.1) is 0 Å². The molecule has 0 amide bonds. The lowest BCUT2D eigenvalue weighted by Crippen LogP contribution is -1.88. The third kappa shape index (κ3) is 2.84. The molecule has 0 spiro atoms. The molecule has 0 unspecified atom stereocenters. The zero-order valence-electron chi connectivity index (χ0n) is 10.4. The number of aromatic nitrogens is 1. The van der Waals surface area contributed by atoms with Gasteiger partial charge >= 0.3 is 0 Å². The van der Waals surface area contributed by atoms with Gasteiger partial charge in [-0.2, -0.15) is 0 Å². The highest BCUT2D eigenvalue weighted by Gasteiger charge is 2.02. The van der Waals surface area contributed by atoms with Gasteiger partial charge in [0.05, 0.1) is 0 Å². The third-order valence-electron chi connectivity index (χ3n) is 2.82. The van der Waals surface area contributed by atoms with Crippen molar-refractivity contribution in [3.8, 4) is 0 Å². The number of benzene rings is 1. The predicted octanol–water partition coefficient (Wildman–Crippen LogP) is 3.67. The van der Waals surface area contributed by atoms with Crippen molar-refractivity contribution in [1.29, 1.82) is 0 Å². The van der Waals surface area contributed by atoms with Crippen LogP contribution >= 0.6 is 0 Å². The van der Waals surface area contributed by atoms with Crippen molar-refractivity contribution in [2.75, 3.05) is 6.54 Å². The Morgan fingerprint density at radius 3 is 3.06 bits per heavy atom. The van der Waals surface area contributed by atoms with Crippen molar-refractivity contribution in [3.63, 3.8) is 0 Å². The summed E-state index contributed by atoms with van der Waals surface area (Å²) in [6.45, 7) is 4.96. The monoisotopic (exact) mass is 226 g/mol. The molecule has 1 N–H and O–H groups in total. The summed E-state index contributed by atoms with van der Waals surface area (Å²) in [6, 6.07) is 6.50. The Labute approximate surface area is 102 Å². The van der Waals surface area contributed by atoms with E-state index in [1.54, 1.807) is 0 Å². The second-order valence-electron chi connectivity index (χ2n) is 4.19. The van der Waals surface area contributed by atoms with E-state index < -0.39 is 0 Å². The van der Waals surface area contributed by atoms with Crippen molar-refractivity contribution >= 4 is 17.1 Å². The van der Waals surface area contributed by atoms with Crippen molar-refractivity contribution in [1.82, 2.24) is 4.98 Å². The fourth-order valence-corrected chi connectivity index (χ4v) is 1.91. The summed E-state index contributed by atoms with van der Waals surface area (Å²) in [6.07, 6.45) is 8.88. The Balaban J connectivity index is 2.11. The third-order valence-corrected chi connectivity index (χ3v) is 2.82. The van der Waals surface area contributed by atoms with Crippen LogP contribution in [0, 0.1) is 6.92 Å². The number of hydrogen-bond acceptors (Lipinski definition) is 1. The molecule has 2 heteroatoms. The summed E-state index contributed by atoms with van der Waals surface area (Å²) < 4.78 is 0. The van der Waals surface area contributed by atoms with Gasteiger partial charge in [0.1, 0.15) is 0 Å². The summed E-state index contributed by atoms with van der Waals surface area (Å²) in [5, 5.41) is 1.33. The molecule has 0 aliphatic heterocycles. The van der Waals surface area contributed by atoms with E-state index in [9.17, 15) is 0 Å². The Bertz CT molecular complexity index is 547. The summed E-state index contributed by atoms with van der Waals surface area (Å²) in [7, 11) is 0. The molecule has 2 aromatic rings. The van der Waals surface area contributed by atoms with Crippen LogP contribution in [0.5, 0.6) is 0 Å². The van der Waals surface area contributed by atoms with E-state index >= 15 is 0 Å². The largest absolute Gasteiger partial charge is 0.361 e. The van der Waals surface area contributed by atoms with Crippen LogP contribution in [0.25, 0.3) is 10.9 Å². The van der Waals surface area contributed by atoms with Gasteiger partial charge in [0, 0.05) is 29.9 Å². The zero-order valence-corrected chi connectivity index (χ0v) is 10.4. The first-order valence-corrected chi connectivity index (χ1v) is 5.99. The summed E-state index contributed by atoms with van der Waals surface area (Å²) in [4.78, 5) is 7.64. The highest BCUT2D eigenvalue weighted by Crippen LogP contribution is 2.19. The number of H-pyrrole nitrogens is 1. The molecule has 2 rings (SSSR count). The lowest BCUT2D eigenvalue weighted by molar-refractivity contribution is 0.981. The standard InChI is InChI=1S/C15H18N2/c1-3-4-8-16-9-7-13-11-17-15-6-5-12(2)10-14(13)15/h3-6,8,10-11,17H,7,9H2,1-2H3/b4-3-,16-8?. The lowest BCUT2D eigenvalue weighted by atomic mass is 10.1. The van der Waals surface area contributed by atoms with Crippen LogP contribution in [0.3, 0.4) is 0 Å². The molecule has 1 aromatic carbocycles. The molecule has 0 radical (unpaired) electrons. The Hall–Kier alpha value is -1.83. The first kappa shape index (κ1) is 11.6. The first-order valence-electron chi connectivity index (χ1n) is 5.99. The van der Waals surface area contributed by atoms with Gasteiger partial charge in [0.25, 0.3) is 0 Å². The topological polar surface area (TPSA) is 28.1 Å². The maximum atomic E-state index is 4.34. The minimum absolute atomic E-state index is 0.839. The Kier molecular flexibility index (Phi) is 3.76. The number of nitrogens with zero attached hydrogens (tertiary/aromatic N) is 1. The second-order valence-corrected chi connectivity index (χ2v) is 4.19. The van der Waals surface area contributed by atoms with Crippen LogP contribution in [-0.2, 0) is 6.42 Å². The van der Waals surface area contributed by atoms with E-state index in [1.165, 1.54) is 22.0 Å². The quantitative estimate of drug-likeness (QED) is 0.771. The summed E-state index contributed by atoms with van der Waals surface area (Å²) in [5.41, 5.74) is 3.86. The van der Waals surface area contributed by atoms with Crippen molar-refractivity contribution < 1.29 is 0 Å². The van der Waals surface area contributed by atoms with Crippen LogP contribution in [0.4, 0.5) is 0 Å². The molecule has 0 saturated heterocycles. The number of hydrogen-bond donors (Lipinski definition) is 1. The zero-order chi connectivity index (χ0) is 12.1. The Morgan fingerprint density at radius 1 is 1.35 bits per heavy atom. The molecule has 0 saturated carbocycles. The molecule has 0 aliphatic carbocycles. The van der Waals surface area contributed by atoms with E-state index in [4.69, 9.17) is 0 Å². The molecule has 17 heavy (non-hydrogen) atoms. The van der Waals surface area contributed by atoms with Crippen LogP contribution in [0.1, 0.15) is 18.1 Å². The summed E-state index contributed by atoms with van der Waals surface area (Å²) >= 11 is 0. The van der Waals surface area contributed by atoms with E-state index in [1.807, 2.05) is 25.3 Å². The maximum Gasteiger partial charge on any atom is 0.0456 e. The van der Waals surface area contributed by atoms with Gasteiger partial charge in [-0.05, 0) is 44.0 Å². The molecule has 0 aliphatic rings. The number of nitrogens with one attached hydrogen (secondary N) is 1. The van der Waals surface area contributed by atoms with E-state index in [0.717, 1.165) is 13.0 Å². The van der Waals surface area contributed by atoms with Gasteiger partial charge in [0.2, 0.25) is 0 Å². The van der Waals surface area contributed by atoms with Crippen molar-refractivity contribution in [3.05, 3.63) is 47.7 Å². The summed E-state index contributed by atoms with van der Waals surface area (Å²) in [5.74, 6) is 0. The number of aryl methyl sites for hydroxylation is 1. The molecule has 1 aromatic heterocycles. The average molecular weight is 226 g/mol. The van der Waals surface area contributed by atoms with Gasteiger partial charge in [-0.3, -0.25) is 4.99 Å². The molecule has 0 atom stereocenters. The fraction of sp³-hybridized carbons (Fsp3) is 0.267. The maximum absolute atomic E-state index is 4.34. The van der Waals surface area contributed by atoms with E-state index in [-0.39, 0.29) is 0 Å². The van der Waals surface area contributed by atoms with Crippen LogP contribution in [0.15, 0.2) is 41.5 Å². The Morgan fingerprint density at radius 2 is 2.24 bits per heavy atom. The van der Waals surface area contributed by atoms with Gasteiger partial charge in [-0.25, -0.2) is 0 Å². The minimum atomic E-state index is 0.839. The van der Waals surface area contributed by atoms with Gasteiger partial charge in [0.15, 0.2) is 0 Å². The second kappa shape index (κ2) is 5.48. The van der Waals surface area contributed by atoms with Gasteiger partial charge < -0.3 is 4.98 Å². The average Bonchev–Trinajstić information content (AvgIpc) is 2.72. The van der Waals surface area contributed by atoms with Crippen molar-refractivity contribution in [2.45, 2.75) is 20.3 Å². The van der Waals surface area contributed by atoms with Gasteiger partial charge in [-0.1, -0.05) is 17.7 Å². The molecule has 1 heterocycles. The molecule has 0 fully saturated rings.